The summed E-state index contributed by atoms with van der Waals surface area (Å²) in [5.41, 5.74) is 0.885. The van der Waals surface area contributed by atoms with E-state index in [0.717, 1.165) is 17.6 Å². The van der Waals surface area contributed by atoms with Gasteiger partial charge in [-0.25, -0.2) is 4.79 Å². The molecule has 3 heterocycles. The molecule has 0 radical (unpaired) electrons. The monoisotopic (exact) mass is 418 g/mol. The molecule has 3 rings (SSSR count). The molecule has 0 spiro atoms. The van der Waals surface area contributed by atoms with Gasteiger partial charge in [-0.2, -0.15) is 0 Å². The number of carbonyl (C=O) groups excluding carboxylic acids is 1. The van der Waals surface area contributed by atoms with E-state index in [2.05, 4.69) is 15.2 Å². The first-order chi connectivity index (χ1) is 14.2. The second-order valence-corrected chi connectivity index (χ2v) is 8.28. The average molecular weight is 418 g/mol. The van der Waals surface area contributed by atoms with Crippen LogP contribution >= 0.6 is 0 Å². The number of morpholine rings is 1. The summed E-state index contributed by atoms with van der Waals surface area (Å²) >= 11 is 0. The number of methoxy groups -OCH3 is 1. The summed E-state index contributed by atoms with van der Waals surface area (Å²) in [5.74, 6) is 0.613. The van der Waals surface area contributed by atoms with Gasteiger partial charge in [-0.3, -0.25) is 14.7 Å². The Balaban J connectivity index is 1.59. The van der Waals surface area contributed by atoms with Crippen LogP contribution in [-0.2, 0) is 16.0 Å². The molecule has 0 saturated carbocycles. The minimum absolute atomic E-state index is 0.0750. The first kappa shape index (κ1) is 22.0. The van der Waals surface area contributed by atoms with Crippen molar-refractivity contribution in [1.82, 2.24) is 19.8 Å². The Morgan fingerprint density at radius 2 is 2.13 bits per heavy atom. The summed E-state index contributed by atoms with van der Waals surface area (Å²) in [5, 5.41) is 2.76. The van der Waals surface area contributed by atoms with Gasteiger partial charge in [-0.15, -0.1) is 0 Å². The topological polar surface area (TPSA) is 94.9 Å². The van der Waals surface area contributed by atoms with Crippen LogP contribution in [0.1, 0.15) is 20.8 Å². The Bertz CT molecular complexity index is 937. The van der Waals surface area contributed by atoms with Crippen molar-refractivity contribution in [3.8, 4) is 5.75 Å². The molecule has 1 atom stereocenters. The quantitative estimate of drug-likeness (QED) is 0.762. The summed E-state index contributed by atoms with van der Waals surface area (Å²) in [7, 11) is 1.58. The van der Waals surface area contributed by atoms with E-state index in [4.69, 9.17) is 14.2 Å². The van der Waals surface area contributed by atoms with Gasteiger partial charge in [0.2, 0.25) is 0 Å². The van der Waals surface area contributed by atoms with E-state index >= 15 is 0 Å². The summed E-state index contributed by atoms with van der Waals surface area (Å²) in [6, 6.07) is 5.09. The minimum Gasteiger partial charge on any atom is -0.495 e. The summed E-state index contributed by atoms with van der Waals surface area (Å²) in [6.07, 6.45) is 1.06. The zero-order valence-corrected chi connectivity index (χ0v) is 18.0. The van der Waals surface area contributed by atoms with Crippen molar-refractivity contribution in [2.45, 2.75) is 39.0 Å². The number of rotatable bonds is 6. The molecule has 0 unspecified atom stereocenters. The van der Waals surface area contributed by atoms with Crippen LogP contribution in [0.3, 0.4) is 0 Å². The van der Waals surface area contributed by atoms with Gasteiger partial charge in [0.15, 0.2) is 0 Å². The highest BCUT2D eigenvalue weighted by molar-refractivity contribution is 5.75. The van der Waals surface area contributed by atoms with Gasteiger partial charge in [-0.05, 0) is 26.8 Å². The highest BCUT2D eigenvalue weighted by atomic mass is 16.6. The average Bonchev–Trinajstić information content (AvgIpc) is 2.70. The van der Waals surface area contributed by atoms with Crippen LogP contribution in [0.2, 0.25) is 0 Å². The largest absolute Gasteiger partial charge is 0.495 e. The SMILES string of the molecule is COc1cnc2ccc(=O)n(CCN3CCO[C@@H](CNC(=O)OC(C)(C)C)C3)c2c1. The van der Waals surface area contributed by atoms with E-state index in [1.807, 2.05) is 26.8 Å². The van der Waals surface area contributed by atoms with E-state index in [1.165, 1.54) is 6.07 Å². The van der Waals surface area contributed by atoms with Crippen molar-refractivity contribution in [3.63, 3.8) is 0 Å². The fourth-order valence-electron chi connectivity index (χ4n) is 3.35. The fraction of sp³-hybridized carbons (Fsp3) is 0.571. The second-order valence-electron chi connectivity index (χ2n) is 8.28. The van der Waals surface area contributed by atoms with E-state index in [1.54, 1.807) is 23.9 Å². The van der Waals surface area contributed by atoms with Crippen LogP contribution < -0.4 is 15.6 Å². The molecule has 0 bridgehead atoms. The molecular weight excluding hydrogens is 388 g/mol. The maximum atomic E-state index is 12.5. The molecule has 164 valence electrons. The third kappa shape index (κ3) is 5.93. The number of hydrogen-bond acceptors (Lipinski definition) is 7. The van der Waals surface area contributed by atoms with Crippen molar-refractivity contribution in [3.05, 3.63) is 34.7 Å². The van der Waals surface area contributed by atoms with Gasteiger partial charge in [0, 0.05) is 44.9 Å². The molecule has 9 heteroatoms. The minimum atomic E-state index is -0.535. The molecule has 0 aliphatic carbocycles. The highest BCUT2D eigenvalue weighted by Gasteiger charge is 2.22. The lowest BCUT2D eigenvalue weighted by Gasteiger charge is -2.33. The zero-order chi connectivity index (χ0) is 21.7. The Hall–Kier alpha value is -2.65. The van der Waals surface area contributed by atoms with E-state index in [9.17, 15) is 9.59 Å². The summed E-state index contributed by atoms with van der Waals surface area (Å²) < 4.78 is 18.0. The molecule has 2 aromatic heterocycles. The maximum Gasteiger partial charge on any atom is 0.407 e. The first-order valence-electron chi connectivity index (χ1n) is 10.1. The Morgan fingerprint density at radius 1 is 1.33 bits per heavy atom. The Morgan fingerprint density at radius 3 is 2.87 bits per heavy atom. The molecule has 1 N–H and O–H groups in total. The van der Waals surface area contributed by atoms with Crippen LogP contribution in [0.25, 0.3) is 11.0 Å². The lowest BCUT2D eigenvalue weighted by Crippen LogP contribution is -2.49. The molecule has 1 amide bonds. The van der Waals surface area contributed by atoms with E-state index in [-0.39, 0.29) is 11.7 Å². The van der Waals surface area contributed by atoms with Gasteiger partial charge in [0.1, 0.15) is 11.4 Å². The molecule has 1 aliphatic rings. The number of aromatic nitrogens is 2. The van der Waals surface area contributed by atoms with Crippen LogP contribution in [0, 0.1) is 0 Å². The number of amides is 1. The van der Waals surface area contributed by atoms with E-state index in [0.29, 0.717) is 38.5 Å². The molecular formula is C21H30N4O5. The fourth-order valence-corrected chi connectivity index (χ4v) is 3.35. The summed E-state index contributed by atoms with van der Waals surface area (Å²) in [4.78, 5) is 30.9. The number of alkyl carbamates (subject to hydrolysis) is 1. The van der Waals surface area contributed by atoms with Gasteiger partial charge >= 0.3 is 6.09 Å². The lowest BCUT2D eigenvalue weighted by atomic mass is 10.2. The Kier molecular flexibility index (Phi) is 6.94. The van der Waals surface area contributed by atoms with Gasteiger partial charge < -0.3 is 24.1 Å². The zero-order valence-electron chi connectivity index (χ0n) is 18.0. The summed E-state index contributed by atoms with van der Waals surface area (Å²) in [6.45, 7) is 9.06. The molecule has 9 nitrogen and oxygen atoms in total. The number of ether oxygens (including phenoxy) is 3. The molecule has 1 saturated heterocycles. The number of hydrogen-bond donors (Lipinski definition) is 1. The predicted octanol–water partition coefficient (Wildman–Crippen LogP) is 1.63. The van der Waals surface area contributed by atoms with Crippen molar-refractivity contribution in [2.24, 2.45) is 0 Å². The standard InChI is InChI=1S/C21H30N4O5/c1-21(2,3)30-20(27)23-13-16-14-24(9-10-29-16)7-8-25-18-11-15(28-4)12-22-17(18)5-6-19(25)26/h5-6,11-12,16H,7-10,13-14H2,1-4H3,(H,23,27)/t16-/m0/s1. The van der Waals surface area contributed by atoms with Crippen LogP contribution in [-0.4, -0.2) is 72.1 Å². The van der Waals surface area contributed by atoms with Crippen molar-refractivity contribution >= 4 is 17.1 Å². The van der Waals surface area contributed by atoms with Crippen molar-refractivity contribution in [2.75, 3.05) is 39.9 Å². The molecule has 1 aliphatic heterocycles. The van der Waals surface area contributed by atoms with Crippen molar-refractivity contribution in [1.29, 1.82) is 0 Å². The first-order valence-corrected chi connectivity index (χ1v) is 10.1. The number of carbonyl (C=O) groups is 1. The third-order valence-electron chi connectivity index (χ3n) is 4.78. The number of nitrogens with zero attached hydrogens (tertiary/aromatic N) is 3. The molecule has 0 aromatic carbocycles. The number of nitrogens with one attached hydrogen (secondary N) is 1. The smallest absolute Gasteiger partial charge is 0.407 e. The van der Waals surface area contributed by atoms with Crippen LogP contribution in [0.15, 0.2) is 29.2 Å². The van der Waals surface area contributed by atoms with Gasteiger partial charge in [-0.1, -0.05) is 0 Å². The molecule has 1 fully saturated rings. The Labute approximate surface area is 175 Å². The lowest BCUT2D eigenvalue weighted by molar-refractivity contribution is -0.0293. The van der Waals surface area contributed by atoms with Crippen LogP contribution in [0.5, 0.6) is 5.75 Å². The number of pyridine rings is 2. The van der Waals surface area contributed by atoms with Crippen molar-refractivity contribution < 1.29 is 19.0 Å². The molecule has 30 heavy (non-hydrogen) atoms. The second kappa shape index (κ2) is 9.44. The predicted molar refractivity (Wildman–Crippen MR) is 113 cm³/mol. The van der Waals surface area contributed by atoms with Gasteiger partial charge in [0.05, 0.1) is 37.1 Å². The third-order valence-corrected chi connectivity index (χ3v) is 4.78. The highest BCUT2D eigenvalue weighted by Crippen LogP contribution is 2.17. The number of fused-ring (bicyclic) bond motifs is 1. The van der Waals surface area contributed by atoms with Gasteiger partial charge in [0.25, 0.3) is 5.56 Å². The maximum absolute atomic E-state index is 12.5. The normalized spacial score (nSPS) is 17.7. The van der Waals surface area contributed by atoms with E-state index < -0.39 is 11.7 Å². The molecule has 2 aromatic rings. The van der Waals surface area contributed by atoms with Crippen LogP contribution in [0.4, 0.5) is 4.79 Å².